The number of nitrogens with one attached hydrogen (secondary N) is 1. The van der Waals surface area contributed by atoms with Crippen molar-refractivity contribution in [2.45, 2.75) is 31.3 Å². The highest BCUT2D eigenvalue weighted by Gasteiger charge is 2.30. The highest BCUT2D eigenvalue weighted by atomic mass is 16.3. The van der Waals surface area contributed by atoms with Crippen LogP contribution in [0.5, 0.6) is 5.88 Å². The largest absolute Gasteiger partial charge is 0.494 e. The Morgan fingerprint density at radius 2 is 1.94 bits per heavy atom. The third-order valence-corrected chi connectivity index (χ3v) is 3.55. The Kier molecular flexibility index (Phi) is 2.74. The molecule has 4 N–H and O–H groups in total. The number of rotatable bonds is 1. The van der Waals surface area contributed by atoms with Crippen LogP contribution >= 0.6 is 0 Å². The second kappa shape index (κ2) is 4.28. The molecule has 0 bridgehead atoms. The second-order valence-corrected chi connectivity index (χ2v) is 4.72. The van der Waals surface area contributed by atoms with Gasteiger partial charge in [0, 0.05) is 17.0 Å². The maximum Gasteiger partial charge on any atom is 0.199 e. The Labute approximate surface area is 104 Å². The summed E-state index contributed by atoms with van der Waals surface area (Å²) < 4.78 is 1.67. The van der Waals surface area contributed by atoms with Crippen molar-refractivity contribution in [2.75, 3.05) is 0 Å². The summed E-state index contributed by atoms with van der Waals surface area (Å²) in [4.78, 5) is 0. The highest BCUT2D eigenvalue weighted by molar-refractivity contribution is 5.87. The van der Waals surface area contributed by atoms with Crippen LogP contribution in [0.1, 0.15) is 18.9 Å². The van der Waals surface area contributed by atoms with Gasteiger partial charge in [-0.3, -0.25) is 5.32 Å². The highest BCUT2D eigenvalue weighted by Crippen LogP contribution is 2.34. The van der Waals surface area contributed by atoms with E-state index in [-0.39, 0.29) is 11.9 Å². The molecule has 1 saturated heterocycles. The van der Waals surface area contributed by atoms with E-state index in [1.807, 2.05) is 30.5 Å². The first-order chi connectivity index (χ1) is 8.66. The zero-order chi connectivity index (χ0) is 12.7. The lowest BCUT2D eigenvalue weighted by Crippen LogP contribution is -2.47. The van der Waals surface area contributed by atoms with Crippen molar-refractivity contribution in [3.8, 4) is 5.88 Å². The lowest BCUT2D eigenvalue weighted by Gasteiger charge is -2.33. The van der Waals surface area contributed by atoms with Gasteiger partial charge in [-0.15, -0.1) is 0 Å². The number of fused-ring (bicyclic) bond motifs is 1. The first-order valence-corrected chi connectivity index (χ1v) is 6.07. The van der Waals surface area contributed by atoms with E-state index in [0.29, 0.717) is 12.8 Å². The van der Waals surface area contributed by atoms with E-state index in [1.165, 1.54) is 0 Å². The van der Waals surface area contributed by atoms with Crippen LogP contribution in [0, 0.1) is 0 Å². The summed E-state index contributed by atoms with van der Waals surface area (Å²) in [6.07, 6.45) is 1.46. The van der Waals surface area contributed by atoms with E-state index in [4.69, 9.17) is 0 Å². The van der Waals surface area contributed by atoms with E-state index in [2.05, 4.69) is 5.32 Å². The Hall–Kier alpha value is -1.56. The molecule has 1 aromatic carbocycles. The van der Waals surface area contributed by atoms with Crippen LogP contribution in [0.2, 0.25) is 0 Å². The molecule has 3 atom stereocenters. The van der Waals surface area contributed by atoms with Gasteiger partial charge in [0.25, 0.3) is 0 Å². The molecule has 1 aliphatic rings. The van der Waals surface area contributed by atoms with Crippen molar-refractivity contribution in [3.63, 3.8) is 0 Å². The van der Waals surface area contributed by atoms with Gasteiger partial charge in [-0.25, -0.2) is 0 Å². The Morgan fingerprint density at radius 3 is 2.67 bits per heavy atom. The van der Waals surface area contributed by atoms with Gasteiger partial charge in [0.1, 0.15) is 12.5 Å². The van der Waals surface area contributed by atoms with Crippen molar-refractivity contribution in [1.29, 1.82) is 0 Å². The molecule has 1 fully saturated rings. The summed E-state index contributed by atoms with van der Waals surface area (Å²) in [5.41, 5.74) is 0. The van der Waals surface area contributed by atoms with Crippen molar-refractivity contribution in [1.82, 2.24) is 9.88 Å². The fraction of sp³-hybridized carbons (Fsp3) is 0.385. The maximum atomic E-state index is 10.2. The SMILES string of the molecule is Oc1c2ccccc2cn1C1CCC(O)NC1O. The second-order valence-electron chi connectivity index (χ2n) is 4.72. The molecule has 1 aromatic heterocycles. The molecule has 2 heterocycles. The Bertz CT molecular complexity index is 566. The van der Waals surface area contributed by atoms with Gasteiger partial charge < -0.3 is 19.9 Å². The minimum Gasteiger partial charge on any atom is -0.494 e. The third kappa shape index (κ3) is 1.77. The molecule has 0 saturated carbocycles. The van der Waals surface area contributed by atoms with Crippen molar-refractivity contribution >= 4 is 10.8 Å². The fourth-order valence-corrected chi connectivity index (χ4v) is 2.59. The minimum absolute atomic E-state index is 0.160. The normalized spacial score (nSPS) is 28.7. The number of hydrogen-bond donors (Lipinski definition) is 4. The van der Waals surface area contributed by atoms with Gasteiger partial charge in [0.2, 0.25) is 0 Å². The average Bonchev–Trinajstić information content (AvgIpc) is 2.68. The van der Waals surface area contributed by atoms with Crippen LogP contribution < -0.4 is 5.32 Å². The summed E-state index contributed by atoms with van der Waals surface area (Å²) in [6, 6.07) is 7.28. The van der Waals surface area contributed by atoms with Gasteiger partial charge in [0.15, 0.2) is 5.88 Å². The van der Waals surface area contributed by atoms with Crippen LogP contribution in [0.4, 0.5) is 0 Å². The molecule has 5 nitrogen and oxygen atoms in total. The molecule has 3 rings (SSSR count). The molecular formula is C13H16N2O3. The summed E-state index contributed by atoms with van der Waals surface area (Å²) in [6.45, 7) is 0. The molecule has 0 radical (unpaired) electrons. The number of benzene rings is 1. The van der Waals surface area contributed by atoms with E-state index in [0.717, 1.165) is 10.8 Å². The molecule has 5 heteroatoms. The molecule has 18 heavy (non-hydrogen) atoms. The monoisotopic (exact) mass is 248 g/mol. The van der Waals surface area contributed by atoms with E-state index >= 15 is 0 Å². The topological polar surface area (TPSA) is 77.7 Å². The molecule has 96 valence electrons. The van der Waals surface area contributed by atoms with Crippen LogP contribution in [-0.2, 0) is 0 Å². The van der Waals surface area contributed by atoms with Crippen molar-refractivity contribution < 1.29 is 15.3 Å². The lowest BCUT2D eigenvalue weighted by molar-refractivity contribution is -0.0290. The number of aromatic hydroxyl groups is 1. The predicted molar refractivity (Wildman–Crippen MR) is 67.0 cm³/mol. The zero-order valence-electron chi connectivity index (χ0n) is 9.82. The molecular weight excluding hydrogens is 232 g/mol. The van der Waals surface area contributed by atoms with Gasteiger partial charge in [-0.05, 0) is 18.9 Å². The minimum atomic E-state index is -0.860. The van der Waals surface area contributed by atoms with Gasteiger partial charge >= 0.3 is 0 Å². The summed E-state index contributed by atoms with van der Waals surface area (Å²) in [5.74, 6) is 0.160. The molecule has 0 amide bonds. The standard InChI is InChI=1S/C13H16N2O3/c16-11-6-5-10(12(17)14-11)15-7-8-3-1-2-4-9(8)13(15)18/h1-4,7,10-12,14,16-18H,5-6H2. The summed E-state index contributed by atoms with van der Waals surface area (Å²) >= 11 is 0. The number of aliphatic hydroxyl groups is 2. The molecule has 3 unspecified atom stereocenters. The van der Waals surface area contributed by atoms with Crippen molar-refractivity contribution in [3.05, 3.63) is 30.5 Å². The first-order valence-electron chi connectivity index (χ1n) is 6.07. The van der Waals surface area contributed by atoms with Crippen LogP contribution in [0.3, 0.4) is 0 Å². The number of aromatic nitrogens is 1. The van der Waals surface area contributed by atoms with Crippen LogP contribution in [0.15, 0.2) is 30.5 Å². The smallest absolute Gasteiger partial charge is 0.199 e. The molecule has 1 aliphatic heterocycles. The van der Waals surface area contributed by atoms with Crippen molar-refractivity contribution in [2.24, 2.45) is 0 Å². The molecule has 0 spiro atoms. The van der Waals surface area contributed by atoms with E-state index < -0.39 is 12.5 Å². The average molecular weight is 248 g/mol. The summed E-state index contributed by atoms with van der Waals surface area (Å²) in [5, 5.41) is 33.9. The molecule has 0 aliphatic carbocycles. The fourth-order valence-electron chi connectivity index (χ4n) is 2.59. The Morgan fingerprint density at radius 1 is 1.17 bits per heavy atom. The first kappa shape index (κ1) is 11.5. The predicted octanol–water partition coefficient (Wildman–Crippen LogP) is 0.908. The third-order valence-electron chi connectivity index (χ3n) is 3.55. The summed E-state index contributed by atoms with van der Waals surface area (Å²) in [7, 11) is 0. The van der Waals surface area contributed by atoms with Gasteiger partial charge in [-0.1, -0.05) is 18.2 Å². The van der Waals surface area contributed by atoms with E-state index in [9.17, 15) is 15.3 Å². The number of piperidine rings is 1. The van der Waals surface area contributed by atoms with Gasteiger partial charge in [0.05, 0.1) is 6.04 Å². The molecule has 2 aromatic rings. The number of hydrogen-bond acceptors (Lipinski definition) is 4. The number of nitrogens with zero attached hydrogens (tertiary/aromatic N) is 1. The van der Waals surface area contributed by atoms with Crippen LogP contribution in [-0.4, -0.2) is 32.3 Å². The van der Waals surface area contributed by atoms with E-state index in [1.54, 1.807) is 4.57 Å². The number of aliphatic hydroxyl groups excluding tert-OH is 2. The Balaban J connectivity index is 2.01. The maximum absolute atomic E-state index is 10.2. The van der Waals surface area contributed by atoms with Crippen LogP contribution in [0.25, 0.3) is 10.8 Å². The quantitative estimate of drug-likeness (QED) is 0.605. The van der Waals surface area contributed by atoms with Gasteiger partial charge in [-0.2, -0.15) is 0 Å². The lowest BCUT2D eigenvalue weighted by atomic mass is 10.0. The zero-order valence-corrected chi connectivity index (χ0v) is 9.82.